The standard InChI is InChI=1S/C17H26N6O2.HI/c1-12(25-15-8-6-7-14(9-15)24-5)10-19-17(18-3)20-11-16-22-21-13(2)23(16)4;/h6-9,12H,10-11H2,1-5H3,(H2,18,19,20);1H. The molecule has 144 valence electrons. The average Bonchev–Trinajstić information content (AvgIpc) is 2.94. The summed E-state index contributed by atoms with van der Waals surface area (Å²) in [5, 5.41) is 14.6. The van der Waals surface area contributed by atoms with E-state index in [-0.39, 0.29) is 30.1 Å². The van der Waals surface area contributed by atoms with Crippen LogP contribution in [0.3, 0.4) is 0 Å². The Kier molecular flexibility index (Phi) is 9.17. The van der Waals surface area contributed by atoms with Crippen molar-refractivity contribution >= 4 is 29.9 Å². The summed E-state index contributed by atoms with van der Waals surface area (Å²) in [4.78, 5) is 4.21. The third-order valence-electron chi connectivity index (χ3n) is 3.76. The van der Waals surface area contributed by atoms with E-state index in [0.29, 0.717) is 19.0 Å². The lowest BCUT2D eigenvalue weighted by Crippen LogP contribution is -2.41. The molecule has 0 spiro atoms. The van der Waals surface area contributed by atoms with Crippen molar-refractivity contribution in [1.82, 2.24) is 25.4 Å². The molecule has 9 heteroatoms. The molecule has 1 aromatic heterocycles. The third kappa shape index (κ3) is 6.36. The van der Waals surface area contributed by atoms with Gasteiger partial charge in [-0.2, -0.15) is 0 Å². The zero-order valence-corrected chi connectivity index (χ0v) is 18.1. The van der Waals surface area contributed by atoms with Crippen LogP contribution in [0.25, 0.3) is 0 Å². The van der Waals surface area contributed by atoms with Crippen LogP contribution in [0.4, 0.5) is 0 Å². The van der Waals surface area contributed by atoms with E-state index in [1.54, 1.807) is 14.2 Å². The largest absolute Gasteiger partial charge is 0.497 e. The Morgan fingerprint density at radius 2 is 2.00 bits per heavy atom. The molecule has 0 radical (unpaired) electrons. The van der Waals surface area contributed by atoms with Gasteiger partial charge in [0.15, 0.2) is 11.8 Å². The fraction of sp³-hybridized carbons (Fsp3) is 0.471. The van der Waals surface area contributed by atoms with Crippen LogP contribution in [0.15, 0.2) is 29.3 Å². The quantitative estimate of drug-likeness (QED) is 0.362. The van der Waals surface area contributed by atoms with Crippen LogP contribution in [0.5, 0.6) is 11.5 Å². The molecule has 0 fully saturated rings. The number of hydrogen-bond acceptors (Lipinski definition) is 5. The highest BCUT2D eigenvalue weighted by atomic mass is 127. The molecule has 0 aliphatic rings. The second-order valence-electron chi connectivity index (χ2n) is 5.64. The van der Waals surface area contributed by atoms with E-state index in [0.717, 1.165) is 23.1 Å². The molecule has 0 aliphatic carbocycles. The minimum Gasteiger partial charge on any atom is -0.497 e. The van der Waals surface area contributed by atoms with E-state index < -0.39 is 0 Å². The highest BCUT2D eigenvalue weighted by molar-refractivity contribution is 14.0. The Morgan fingerprint density at radius 3 is 2.62 bits per heavy atom. The van der Waals surface area contributed by atoms with Gasteiger partial charge in [-0.15, -0.1) is 34.2 Å². The molecule has 26 heavy (non-hydrogen) atoms. The number of aliphatic imine (C=N–C) groups is 1. The van der Waals surface area contributed by atoms with Gasteiger partial charge in [0.05, 0.1) is 20.2 Å². The lowest BCUT2D eigenvalue weighted by Gasteiger charge is -2.18. The topological polar surface area (TPSA) is 85.6 Å². The lowest BCUT2D eigenvalue weighted by atomic mass is 10.3. The average molecular weight is 474 g/mol. The van der Waals surface area contributed by atoms with Gasteiger partial charge in [-0.3, -0.25) is 4.99 Å². The van der Waals surface area contributed by atoms with Crippen LogP contribution in [0.2, 0.25) is 0 Å². The maximum atomic E-state index is 5.89. The molecule has 1 aromatic carbocycles. The number of halogens is 1. The minimum absolute atomic E-state index is 0. The molecule has 0 saturated carbocycles. The fourth-order valence-electron chi connectivity index (χ4n) is 2.18. The summed E-state index contributed by atoms with van der Waals surface area (Å²) in [6, 6.07) is 7.55. The van der Waals surface area contributed by atoms with E-state index in [4.69, 9.17) is 9.47 Å². The molecule has 0 aliphatic heterocycles. The second-order valence-corrected chi connectivity index (χ2v) is 5.64. The summed E-state index contributed by atoms with van der Waals surface area (Å²) in [7, 11) is 5.30. The molecule has 2 rings (SSSR count). The summed E-state index contributed by atoms with van der Waals surface area (Å²) in [5.41, 5.74) is 0. The number of aryl methyl sites for hydroxylation is 1. The Morgan fingerprint density at radius 1 is 1.27 bits per heavy atom. The summed E-state index contributed by atoms with van der Waals surface area (Å²) in [5.74, 6) is 3.95. The molecule has 0 saturated heterocycles. The Labute approximate surface area is 171 Å². The van der Waals surface area contributed by atoms with Crippen LogP contribution < -0.4 is 20.1 Å². The maximum Gasteiger partial charge on any atom is 0.191 e. The minimum atomic E-state index is -0.0391. The smallest absolute Gasteiger partial charge is 0.191 e. The molecule has 1 heterocycles. The Hall–Kier alpha value is -2.04. The number of rotatable bonds is 7. The van der Waals surface area contributed by atoms with Crippen LogP contribution in [-0.2, 0) is 13.6 Å². The van der Waals surface area contributed by atoms with E-state index in [9.17, 15) is 0 Å². The van der Waals surface area contributed by atoms with Crippen LogP contribution >= 0.6 is 24.0 Å². The number of aromatic nitrogens is 3. The van der Waals surface area contributed by atoms with E-state index in [1.165, 1.54) is 0 Å². The number of benzene rings is 1. The zero-order chi connectivity index (χ0) is 18.2. The van der Waals surface area contributed by atoms with Gasteiger partial charge in [0.25, 0.3) is 0 Å². The maximum absolute atomic E-state index is 5.89. The van der Waals surface area contributed by atoms with Gasteiger partial charge >= 0.3 is 0 Å². The molecule has 0 amide bonds. The lowest BCUT2D eigenvalue weighted by molar-refractivity contribution is 0.223. The first-order chi connectivity index (χ1) is 12.0. The van der Waals surface area contributed by atoms with Crippen molar-refractivity contribution < 1.29 is 9.47 Å². The van der Waals surface area contributed by atoms with Crippen molar-refractivity contribution in [1.29, 1.82) is 0 Å². The number of nitrogens with zero attached hydrogens (tertiary/aromatic N) is 4. The van der Waals surface area contributed by atoms with Crippen molar-refractivity contribution in [2.45, 2.75) is 26.5 Å². The van der Waals surface area contributed by atoms with E-state index in [1.807, 2.05) is 49.7 Å². The van der Waals surface area contributed by atoms with E-state index >= 15 is 0 Å². The third-order valence-corrected chi connectivity index (χ3v) is 3.76. The van der Waals surface area contributed by atoms with Crippen molar-refractivity contribution in [3.05, 3.63) is 35.9 Å². The van der Waals surface area contributed by atoms with Gasteiger partial charge in [0, 0.05) is 20.2 Å². The summed E-state index contributed by atoms with van der Waals surface area (Å²) < 4.78 is 13.0. The van der Waals surface area contributed by atoms with Crippen LogP contribution in [0.1, 0.15) is 18.6 Å². The predicted molar refractivity (Wildman–Crippen MR) is 112 cm³/mol. The SMILES string of the molecule is CN=C(NCc1nnc(C)n1C)NCC(C)Oc1cccc(OC)c1.I. The molecular weight excluding hydrogens is 447 g/mol. The molecular formula is C17H27IN6O2. The second kappa shape index (κ2) is 10.8. The molecule has 1 unspecified atom stereocenters. The van der Waals surface area contributed by atoms with Crippen molar-refractivity contribution in [3.8, 4) is 11.5 Å². The molecule has 2 N–H and O–H groups in total. The van der Waals surface area contributed by atoms with Gasteiger partial charge < -0.3 is 24.7 Å². The van der Waals surface area contributed by atoms with Crippen molar-refractivity contribution in [2.24, 2.45) is 12.0 Å². The molecule has 1 atom stereocenters. The van der Waals surface area contributed by atoms with Gasteiger partial charge in [0.1, 0.15) is 23.4 Å². The van der Waals surface area contributed by atoms with E-state index in [2.05, 4.69) is 25.8 Å². The number of guanidine groups is 1. The van der Waals surface area contributed by atoms with Crippen LogP contribution in [-0.4, -0.2) is 47.5 Å². The normalized spacial score (nSPS) is 12.1. The summed E-state index contributed by atoms with van der Waals surface area (Å²) in [6.07, 6.45) is -0.0391. The summed E-state index contributed by atoms with van der Waals surface area (Å²) >= 11 is 0. The van der Waals surface area contributed by atoms with Crippen molar-refractivity contribution in [3.63, 3.8) is 0 Å². The number of hydrogen-bond donors (Lipinski definition) is 2. The van der Waals surface area contributed by atoms with Crippen LogP contribution in [0, 0.1) is 6.92 Å². The van der Waals surface area contributed by atoms with Gasteiger partial charge in [-0.1, -0.05) is 6.07 Å². The first-order valence-electron chi connectivity index (χ1n) is 8.13. The van der Waals surface area contributed by atoms with Gasteiger partial charge in [-0.05, 0) is 26.0 Å². The highest BCUT2D eigenvalue weighted by Gasteiger charge is 2.08. The van der Waals surface area contributed by atoms with Gasteiger partial charge in [0.2, 0.25) is 0 Å². The highest BCUT2D eigenvalue weighted by Crippen LogP contribution is 2.19. The summed E-state index contributed by atoms with van der Waals surface area (Å²) in [6.45, 7) is 5.06. The van der Waals surface area contributed by atoms with Crippen molar-refractivity contribution in [2.75, 3.05) is 20.7 Å². The number of nitrogens with one attached hydrogen (secondary N) is 2. The predicted octanol–water partition coefficient (Wildman–Crippen LogP) is 1.88. The number of methoxy groups -OCH3 is 1. The first-order valence-corrected chi connectivity index (χ1v) is 8.13. The molecule has 0 bridgehead atoms. The van der Waals surface area contributed by atoms with Gasteiger partial charge in [-0.25, -0.2) is 0 Å². The molecule has 2 aromatic rings. The molecule has 8 nitrogen and oxygen atoms in total. The Bertz CT molecular complexity index is 719. The number of ether oxygens (including phenoxy) is 2. The Balaban J connectivity index is 0.00000338. The monoisotopic (exact) mass is 474 g/mol. The zero-order valence-electron chi connectivity index (χ0n) is 15.8. The first kappa shape index (κ1) is 22.0. The fourth-order valence-corrected chi connectivity index (χ4v) is 2.18.